The van der Waals surface area contributed by atoms with Crippen molar-refractivity contribution in [1.82, 2.24) is 4.90 Å². The highest BCUT2D eigenvalue weighted by Crippen LogP contribution is 2.24. The van der Waals surface area contributed by atoms with Gasteiger partial charge in [0.25, 0.3) is 5.91 Å². The lowest BCUT2D eigenvalue weighted by molar-refractivity contribution is -0.142. The number of rotatable bonds is 5. The zero-order valence-corrected chi connectivity index (χ0v) is 17.2. The summed E-state index contributed by atoms with van der Waals surface area (Å²) in [4.78, 5) is 26.0. The number of amidine groups is 1. The van der Waals surface area contributed by atoms with Crippen molar-refractivity contribution in [3.8, 4) is 11.1 Å². The van der Waals surface area contributed by atoms with Crippen LogP contribution in [0, 0.1) is 11.3 Å². The van der Waals surface area contributed by atoms with Crippen LogP contribution in [0.25, 0.3) is 11.1 Å². The third-order valence-electron chi connectivity index (χ3n) is 5.25. The number of esters is 1. The summed E-state index contributed by atoms with van der Waals surface area (Å²) < 4.78 is 4.73. The number of methoxy groups -OCH3 is 1. The minimum atomic E-state index is -0.184. The predicted molar refractivity (Wildman–Crippen MR) is 115 cm³/mol. The standard InChI is InChI=1S/C22H25N3O3.ClH/c1-28-20(26)14-15-10-12-25(13-11-15)22(27)19-8-4-17(5-9-19)16-2-6-18(7-3-16)21(23)24;/h2-9,15H,10-14H2,1H3,(H3,23,24);1H. The average Bonchev–Trinajstić information content (AvgIpc) is 2.74. The third-order valence-corrected chi connectivity index (χ3v) is 5.25. The van der Waals surface area contributed by atoms with Gasteiger partial charge in [-0.15, -0.1) is 12.4 Å². The van der Waals surface area contributed by atoms with E-state index in [0.29, 0.717) is 30.6 Å². The molecule has 154 valence electrons. The fourth-order valence-corrected chi connectivity index (χ4v) is 3.49. The van der Waals surface area contributed by atoms with Crippen molar-refractivity contribution < 1.29 is 14.3 Å². The first kappa shape index (κ1) is 22.4. The summed E-state index contributed by atoms with van der Waals surface area (Å²) in [7, 11) is 1.41. The Hall–Kier alpha value is -2.86. The third kappa shape index (κ3) is 5.57. The van der Waals surface area contributed by atoms with E-state index in [0.717, 1.165) is 24.0 Å². The van der Waals surface area contributed by atoms with Crippen LogP contribution < -0.4 is 5.73 Å². The summed E-state index contributed by atoms with van der Waals surface area (Å²) in [5, 5.41) is 7.45. The van der Waals surface area contributed by atoms with Crippen molar-refractivity contribution in [3.63, 3.8) is 0 Å². The van der Waals surface area contributed by atoms with Crippen LogP contribution in [0.2, 0.25) is 0 Å². The van der Waals surface area contributed by atoms with E-state index in [2.05, 4.69) is 0 Å². The van der Waals surface area contributed by atoms with Gasteiger partial charge in [0.1, 0.15) is 5.84 Å². The van der Waals surface area contributed by atoms with E-state index in [9.17, 15) is 9.59 Å². The number of carbonyl (C=O) groups is 2. The Bertz CT molecular complexity index is 858. The fourth-order valence-electron chi connectivity index (χ4n) is 3.49. The van der Waals surface area contributed by atoms with Gasteiger partial charge in [-0.3, -0.25) is 15.0 Å². The van der Waals surface area contributed by atoms with Gasteiger partial charge in [-0.25, -0.2) is 0 Å². The van der Waals surface area contributed by atoms with Crippen LogP contribution in [0.3, 0.4) is 0 Å². The van der Waals surface area contributed by atoms with Crippen LogP contribution in [-0.4, -0.2) is 42.8 Å². The number of nitrogens with two attached hydrogens (primary N) is 1. The molecule has 0 bridgehead atoms. The van der Waals surface area contributed by atoms with Crippen molar-refractivity contribution >= 4 is 30.1 Å². The second-order valence-corrected chi connectivity index (χ2v) is 7.08. The number of nitrogens with one attached hydrogen (secondary N) is 1. The van der Waals surface area contributed by atoms with E-state index >= 15 is 0 Å². The number of nitrogen functional groups attached to an aromatic ring is 1. The lowest BCUT2D eigenvalue weighted by atomic mass is 9.93. The largest absolute Gasteiger partial charge is 0.469 e. The smallest absolute Gasteiger partial charge is 0.305 e. The molecule has 1 aliphatic heterocycles. The predicted octanol–water partition coefficient (Wildman–Crippen LogP) is 3.47. The maximum absolute atomic E-state index is 12.7. The van der Waals surface area contributed by atoms with Crippen LogP contribution in [0.1, 0.15) is 35.2 Å². The van der Waals surface area contributed by atoms with Gasteiger partial charge in [0.05, 0.1) is 7.11 Å². The van der Waals surface area contributed by atoms with Crippen LogP contribution in [0.4, 0.5) is 0 Å². The Morgan fingerprint density at radius 2 is 1.48 bits per heavy atom. The van der Waals surface area contributed by atoms with E-state index in [1.54, 1.807) is 0 Å². The van der Waals surface area contributed by atoms with E-state index in [1.807, 2.05) is 53.4 Å². The number of nitrogens with zero attached hydrogens (tertiary/aromatic N) is 1. The summed E-state index contributed by atoms with van der Waals surface area (Å²) in [6.45, 7) is 1.32. The molecule has 0 aliphatic carbocycles. The normalized spacial score (nSPS) is 14.0. The minimum absolute atomic E-state index is 0. The molecule has 1 fully saturated rings. The number of piperidine rings is 1. The molecule has 0 unspecified atom stereocenters. The zero-order chi connectivity index (χ0) is 20.1. The number of hydrogen-bond acceptors (Lipinski definition) is 4. The molecule has 0 spiro atoms. The summed E-state index contributed by atoms with van der Waals surface area (Å²) in [5.74, 6) is 0.173. The SMILES string of the molecule is COC(=O)CC1CCN(C(=O)c2ccc(-c3ccc(C(=N)N)cc3)cc2)CC1.Cl. The van der Waals surface area contributed by atoms with Gasteiger partial charge >= 0.3 is 5.97 Å². The molecule has 2 aromatic carbocycles. The maximum Gasteiger partial charge on any atom is 0.305 e. The first-order valence-corrected chi connectivity index (χ1v) is 9.39. The van der Waals surface area contributed by atoms with E-state index in [1.165, 1.54) is 7.11 Å². The Morgan fingerprint density at radius 1 is 1.00 bits per heavy atom. The topological polar surface area (TPSA) is 96.5 Å². The monoisotopic (exact) mass is 415 g/mol. The molecular weight excluding hydrogens is 390 g/mol. The van der Waals surface area contributed by atoms with E-state index < -0.39 is 0 Å². The van der Waals surface area contributed by atoms with Crippen LogP contribution in [0.15, 0.2) is 48.5 Å². The molecular formula is C22H26ClN3O3. The van der Waals surface area contributed by atoms with Gasteiger partial charge in [0.15, 0.2) is 0 Å². The first-order valence-electron chi connectivity index (χ1n) is 9.39. The lowest BCUT2D eigenvalue weighted by Crippen LogP contribution is -2.38. The lowest BCUT2D eigenvalue weighted by Gasteiger charge is -2.31. The van der Waals surface area contributed by atoms with Gasteiger partial charge in [-0.1, -0.05) is 36.4 Å². The molecule has 1 aliphatic rings. The zero-order valence-electron chi connectivity index (χ0n) is 16.4. The Morgan fingerprint density at radius 3 is 1.93 bits per heavy atom. The van der Waals surface area contributed by atoms with Gasteiger partial charge in [0, 0.05) is 30.6 Å². The summed E-state index contributed by atoms with van der Waals surface area (Å²) in [5.41, 5.74) is 8.84. The van der Waals surface area contributed by atoms with Crippen LogP contribution in [0.5, 0.6) is 0 Å². The molecule has 3 rings (SSSR count). The Balaban J connectivity index is 0.00000300. The fraction of sp³-hybridized carbons (Fsp3) is 0.318. The number of halogens is 1. The van der Waals surface area contributed by atoms with Gasteiger partial charge in [-0.2, -0.15) is 0 Å². The molecule has 0 aromatic heterocycles. The van der Waals surface area contributed by atoms with Crippen LogP contribution >= 0.6 is 12.4 Å². The quantitative estimate of drug-likeness (QED) is 0.444. The molecule has 1 saturated heterocycles. The highest BCUT2D eigenvalue weighted by atomic mass is 35.5. The molecule has 3 N–H and O–H groups in total. The molecule has 1 amide bonds. The van der Waals surface area contributed by atoms with Crippen LogP contribution in [-0.2, 0) is 9.53 Å². The summed E-state index contributed by atoms with van der Waals surface area (Å²) >= 11 is 0. The highest BCUT2D eigenvalue weighted by molar-refractivity contribution is 5.96. The summed E-state index contributed by atoms with van der Waals surface area (Å²) in [6, 6.07) is 15.0. The molecule has 6 nitrogen and oxygen atoms in total. The molecule has 0 radical (unpaired) electrons. The van der Waals surface area contributed by atoms with Crippen molar-refractivity contribution in [1.29, 1.82) is 5.41 Å². The van der Waals surface area contributed by atoms with Gasteiger partial charge < -0.3 is 15.4 Å². The molecule has 29 heavy (non-hydrogen) atoms. The van der Waals surface area contributed by atoms with Gasteiger partial charge in [-0.05, 0) is 42.0 Å². The van der Waals surface area contributed by atoms with Gasteiger partial charge in [0.2, 0.25) is 0 Å². The number of carbonyl (C=O) groups excluding carboxylic acids is 2. The van der Waals surface area contributed by atoms with E-state index in [-0.39, 0.29) is 36.0 Å². The average molecular weight is 416 g/mol. The number of ether oxygens (including phenoxy) is 1. The number of amides is 1. The number of hydrogen-bond donors (Lipinski definition) is 2. The first-order chi connectivity index (χ1) is 13.5. The molecule has 0 saturated carbocycles. The van der Waals surface area contributed by atoms with Crippen molar-refractivity contribution in [2.75, 3.05) is 20.2 Å². The highest BCUT2D eigenvalue weighted by Gasteiger charge is 2.25. The molecule has 1 heterocycles. The number of likely N-dealkylation sites (tertiary alicyclic amines) is 1. The molecule has 2 aromatic rings. The van der Waals surface area contributed by atoms with Crippen molar-refractivity contribution in [3.05, 3.63) is 59.7 Å². The second-order valence-electron chi connectivity index (χ2n) is 7.08. The maximum atomic E-state index is 12.7. The molecule has 7 heteroatoms. The Kier molecular flexibility index (Phi) is 7.79. The van der Waals surface area contributed by atoms with E-state index in [4.69, 9.17) is 15.9 Å². The molecule has 0 atom stereocenters. The number of benzene rings is 2. The summed E-state index contributed by atoms with van der Waals surface area (Å²) in [6.07, 6.45) is 2.07. The van der Waals surface area contributed by atoms with Crippen molar-refractivity contribution in [2.45, 2.75) is 19.3 Å². The Labute approximate surface area is 177 Å². The minimum Gasteiger partial charge on any atom is -0.469 e. The van der Waals surface area contributed by atoms with Crippen molar-refractivity contribution in [2.24, 2.45) is 11.7 Å². The second kappa shape index (κ2) is 10.1.